The van der Waals surface area contributed by atoms with Gasteiger partial charge in [0, 0.05) is 18.7 Å². The smallest absolute Gasteiger partial charge is 0.191 e. The van der Waals surface area contributed by atoms with E-state index in [2.05, 4.69) is 15.6 Å². The van der Waals surface area contributed by atoms with Crippen molar-refractivity contribution < 1.29 is 14.6 Å². The number of nitrogens with zero attached hydrogens (tertiary/aromatic N) is 1. The van der Waals surface area contributed by atoms with E-state index < -0.39 is 0 Å². The van der Waals surface area contributed by atoms with E-state index in [1.807, 2.05) is 50.2 Å². The van der Waals surface area contributed by atoms with Gasteiger partial charge in [0.2, 0.25) is 0 Å². The van der Waals surface area contributed by atoms with Crippen LogP contribution in [-0.4, -0.2) is 37.9 Å². The summed E-state index contributed by atoms with van der Waals surface area (Å²) in [5, 5.41) is 16.3. The molecular weight excluding hydrogens is 342 g/mol. The highest BCUT2D eigenvalue weighted by atomic mass is 16.5. The van der Waals surface area contributed by atoms with Crippen LogP contribution in [0.1, 0.15) is 25.0 Å². The third-order valence-electron chi connectivity index (χ3n) is 3.97. The lowest BCUT2D eigenvalue weighted by atomic mass is 10.1. The van der Waals surface area contributed by atoms with Gasteiger partial charge < -0.3 is 25.2 Å². The summed E-state index contributed by atoms with van der Waals surface area (Å²) in [6, 6.07) is 13.3. The summed E-state index contributed by atoms with van der Waals surface area (Å²) in [5.41, 5.74) is 2.13. The van der Waals surface area contributed by atoms with Crippen LogP contribution in [0.15, 0.2) is 47.5 Å². The number of methoxy groups -OCH3 is 1. The second kappa shape index (κ2) is 11.0. The van der Waals surface area contributed by atoms with Crippen LogP contribution >= 0.6 is 0 Å². The zero-order valence-corrected chi connectivity index (χ0v) is 16.3. The number of aliphatic imine (C=N–C) groups is 1. The second-order valence-corrected chi connectivity index (χ2v) is 5.92. The van der Waals surface area contributed by atoms with Crippen LogP contribution in [0.25, 0.3) is 0 Å². The molecule has 6 heteroatoms. The molecule has 6 nitrogen and oxygen atoms in total. The molecule has 0 saturated carbocycles. The largest absolute Gasteiger partial charge is 0.504 e. The molecule has 2 aromatic rings. The van der Waals surface area contributed by atoms with Gasteiger partial charge in [-0.3, -0.25) is 0 Å². The molecule has 3 N–H and O–H groups in total. The van der Waals surface area contributed by atoms with Gasteiger partial charge in [-0.2, -0.15) is 0 Å². The minimum atomic E-state index is 0.150. The Morgan fingerprint density at radius 2 is 1.89 bits per heavy atom. The first-order chi connectivity index (χ1) is 13.2. The van der Waals surface area contributed by atoms with Crippen LogP contribution in [0.5, 0.6) is 17.2 Å². The molecule has 0 heterocycles. The third-order valence-corrected chi connectivity index (χ3v) is 3.97. The molecule has 0 bridgehead atoms. The normalized spacial score (nSPS) is 11.1. The fourth-order valence-electron chi connectivity index (χ4n) is 2.64. The van der Waals surface area contributed by atoms with E-state index in [1.165, 1.54) is 0 Å². The van der Waals surface area contributed by atoms with E-state index in [4.69, 9.17) is 9.47 Å². The summed E-state index contributed by atoms with van der Waals surface area (Å²) < 4.78 is 10.8. The maximum atomic E-state index is 9.68. The molecule has 0 aliphatic rings. The van der Waals surface area contributed by atoms with Crippen molar-refractivity contribution in [2.24, 2.45) is 4.99 Å². The molecule has 2 rings (SSSR count). The van der Waals surface area contributed by atoms with Crippen LogP contribution < -0.4 is 20.1 Å². The number of rotatable bonds is 9. The summed E-state index contributed by atoms with van der Waals surface area (Å²) >= 11 is 0. The van der Waals surface area contributed by atoms with Gasteiger partial charge in [-0.15, -0.1) is 0 Å². The number of hydrogen-bond donors (Lipinski definition) is 3. The zero-order chi connectivity index (χ0) is 19.5. The summed E-state index contributed by atoms with van der Waals surface area (Å²) in [7, 11) is 1.55. The molecule has 0 aliphatic heterocycles. The number of ether oxygens (including phenoxy) is 2. The lowest BCUT2D eigenvalue weighted by Gasteiger charge is -2.13. The van der Waals surface area contributed by atoms with Crippen molar-refractivity contribution in [2.75, 3.05) is 26.8 Å². The van der Waals surface area contributed by atoms with Crippen LogP contribution in [0.2, 0.25) is 0 Å². The molecule has 0 aromatic heterocycles. The number of hydrogen-bond acceptors (Lipinski definition) is 4. The summed E-state index contributed by atoms with van der Waals surface area (Å²) in [4.78, 5) is 4.66. The van der Waals surface area contributed by atoms with Gasteiger partial charge in [0.25, 0.3) is 0 Å². The molecule has 27 heavy (non-hydrogen) atoms. The Morgan fingerprint density at radius 1 is 1.07 bits per heavy atom. The van der Waals surface area contributed by atoms with Crippen LogP contribution in [0.4, 0.5) is 0 Å². The fourth-order valence-corrected chi connectivity index (χ4v) is 2.64. The highest BCUT2D eigenvalue weighted by molar-refractivity contribution is 5.79. The molecule has 0 unspecified atom stereocenters. The van der Waals surface area contributed by atoms with E-state index in [0.29, 0.717) is 25.4 Å². The van der Waals surface area contributed by atoms with Crippen molar-refractivity contribution in [1.82, 2.24) is 10.6 Å². The zero-order valence-electron chi connectivity index (χ0n) is 16.3. The van der Waals surface area contributed by atoms with Crippen molar-refractivity contribution >= 4 is 5.96 Å². The van der Waals surface area contributed by atoms with Crippen molar-refractivity contribution in [2.45, 2.75) is 26.8 Å². The molecular formula is C21H29N3O3. The second-order valence-electron chi connectivity index (χ2n) is 5.92. The highest BCUT2D eigenvalue weighted by Crippen LogP contribution is 2.26. The molecule has 0 atom stereocenters. The molecule has 0 spiro atoms. The maximum Gasteiger partial charge on any atom is 0.191 e. The SMILES string of the molecule is CCNC(=NCc1ccccc1OCC)NCCc1ccc(O)c(OC)c1. The highest BCUT2D eigenvalue weighted by Gasteiger charge is 2.05. The van der Waals surface area contributed by atoms with Gasteiger partial charge in [-0.1, -0.05) is 24.3 Å². The van der Waals surface area contributed by atoms with Gasteiger partial charge >= 0.3 is 0 Å². The van der Waals surface area contributed by atoms with Crippen molar-refractivity contribution in [3.63, 3.8) is 0 Å². The molecule has 2 aromatic carbocycles. The Labute approximate surface area is 161 Å². The van der Waals surface area contributed by atoms with E-state index in [1.54, 1.807) is 13.2 Å². The first kappa shape index (κ1) is 20.4. The Hall–Kier alpha value is -2.89. The van der Waals surface area contributed by atoms with Gasteiger partial charge in [0.1, 0.15) is 5.75 Å². The average molecular weight is 371 g/mol. The van der Waals surface area contributed by atoms with Crippen LogP contribution in [-0.2, 0) is 13.0 Å². The molecule has 0 saturated heterocycles. The van der Waals surface area contributed by atoms with E-state index >= 15 is 0 Å². The molecule has 146 valence electrons. The van der Waals surface area contributed by atoms with Gasteiger partial charge in [0.15, 0.2) is 17.5 Å². The quantitative estimate of drug-likeness (QED) is 0.466. The lowest BCUT2D eigenvalue weighted by molar-refractivity contribution is 0.336. The number of aromatic hydroxyl groups is 1. The van der Waals surface area contributed by atoms with E-state index in [9.17, 15) is 5.11 Å². The monoisotopic (exact) mass is 371 g/mol. The summed E-state index contributed by atoms with van der Waals surface area (Å²) in [6.45, 7) is 6.69. The maximum absolute atomic E-state index is 9.68. The summed E-state index contributed by atoms with van der Waals surface area (Å²) in [6.07, 6.45) is 0.788. The predicted octanol–water partition coefficient (Wildman–Crippen LogP) is 3.10. The number of guanidine groups is 1. The average Bonchev–Trinajstić information content (AvgIpc) is 2.68. The fraction of sp³-hybridized carbons (Fsp3) is 0.381. The third kappa shape index (κ3) is 6.40. The summed E-state index contributed by atoms with van der Waals surface area (Å²) in [5.74, 6) is 2.27. The molecule has 0 amide bonds. The first-order valence-electron chi connectivity index (χ1n) is 9.26. The Bertz CT molecular complexity index is 747. The van der Waals surface area contributed by atoms with Crippen LogP contribution in [0.3, 0.4) is 0 Å². The van der Waals surface area contributed by atoms with Gasteiger partial charge in [-0.05, 0) is 44.0 Å². The number of para-hydroxylation sites is 1. The molecule has 0 radical (unpaired) electrons. The Morgan fingerprint density at radius 3 is 2.63 bits per heavy atom. The molecule has 0 fully saturated rings. The Balaban J connectivity index is 1.96. The first-order valence-corrected chi connectivity index (χ1v) is 9.26. The predicted molar refractivity (Wildman–Crippen MR) is 109 cm³/mol. The number of phenols is 1. The molecule has 0 aliphatic carbocycles. The Kier molecular flexibility index (Phi) is 8.29. The minimum absolute atomic E-state index is 0.150. The van der Waals surface area contributed by atoms with Crippen molar-refractivity contribution in [3.8, 4) is 17.2 Å². The number of nitrogens with one attached hydrogen (secondary N) is 2. The van der Waals surface area contributed by atoms with Crippen LogP contribution in [0, 0.1) is 0 Å². The standard InChI is InChI=1S/C21H29N3O3/c1-4-22-21(24-15-17-8-6-7-9-19(17)27-5-2)23-13-12-16-10-11-18(25)20(14-16)26-3/h6-11,14,25H,4-5,12-13,15H2,1-3H3,(H2,22,23,24). The van der Waals surface area contributed by atoms with Gasteiger partial charge in [-0.25, -0.2) is 4.99 Å². The number of phenolic OH excluding ortho intramolecular Hbond substituents is 1. The van der Waals surface area contributed by atoms with E-state index in [0.717, 1.165) is 35.8 Å². The lowest BCUT2D eigenvalue weighted by Crippen LogP contribution is -2.38. The van der Waals surface area contributed by atoms with E-state index in [-0.39, 0.29) is 5.75 Å². The minimum Gasteiger partial charge on any atom is -0.504 e. The number of benzene rings is 2. The van der Waals surface area contributed by atoms with Crippen molar-refractivity contribution in [3.05, 3.63) is 53.6 Å². The van der Waals surface area contributed by atoms with Crippen molar-refractivity contribution in [1.29, 1.82) is 0 Å². The van der Waals surface area contributed by atoms with Gasteiger partial charge in [0.05, 0.1) is 20.3 Å². The topological polar surface area (TPSA) is 75.1 Å².